The Morgan fingerprint density at radius 1 is 1.47 bits per heavy atom. The number of aromatic amines is 1. The van der Waals surface area contributed by atoms with Gasteiger partial charge in [-0.3, -0.25) is 9.78 Å². The largest absolute Gasteiger partial charge is 0.306 e. The van der Waals surface area contributed by atoms with Gasteiger partial charge in [0, 0.05) is 25.4 Å². The molecule has 0 aliphatic carbocycles. The molecule has 80 valence electrons. The maximum atomic E-state index is 4.27. The Bertz CT molecular complexity index is 416. The van der Waals surface area contributed by atoms with E-state index in [0.717, 1.165) is 18.1 Å². The lowest BCUT2D eigenvalue weighted by Crippen LogP contribution is -2.14. The van der Waals surface area contributed by atoms with Crippen molar-refractivity contribution >= 4 is 0 Å². The van der Waals surface area contributed by atoms with Crippen LogP contribution >= 0.6 is 0 Å². The Labute approximate surface area is 87.7 Å². The minimum absolute atomic E-state index is 0.689. The van der Waals surface area contributed by atoms with Gasteiger partial charge in [-0.15, -0.1) is 0 Å². The Morgan fingerprint density at radius 3 is 2.93 bits per heavy atom. The molecule has 0 amide bonds. The van der Waals surface area contributed by atoms with E-state index in [9.17, 15) is 0 Å². The summed E-state index contributed by atoms with van der Waals surface area (Å²) in [4.78, 5) is 4.03. The lowest BCUT2D eigenvalue weighted by molar-refractivity contribution is 0.662. The lowest BCUT2D eigenvalue weighted by Gasteiger charge is -2.00. The highest BCUT2D eigenvalue weighted by Crippen LogP contribution is 2.03. The molecule has 6 nitrogen and oxygen atoms in total. The zero-order valence-corrected chi connectivity index (χ0v) is 8.86. The van der Waals surface area contributed by atoms with Gasteiger partial charge < -0.3 is 5.32 Å². The summed E-state index contributed by atoms with van der Waals surface area (Å²) in [5.41, 5.74) is 2.26. The zero-order valence-electron chi connectivity index (χ0n) is 8.86. The van der Waals surface area contributed by atoms with Gasteiger partial charge in [-0.25, -0.2) is 4.98 Å². The molecule has 15 heavy (non-hydrogen) atoms. The second kappa shape index (κ2) is 4.22. The molecule has 2 aromatic heterocycles. The molecule has 2 aromatic rings. The van der Waals surface area contributed by atoms with Gasteiger partial charge in [0.05, 0.1) is 12.2 Å². The fraction of sp³-hybridized carbons (Fsp3) is 0.444. The van der Waals surface area contributed by atoms with Crippen molar-refractivity contribution in [1.82, 2.24) is 30.3 Å². The van der Waals surface area contributed by atoms with Crippen molar-refractivity contribution in [3.63, 3.8) is 0 Å². The third-order valence-electron chi connectivity index (χ3n) is 2.19. The fourth-order valence-corrected chi connectivity index (χ4v) is 1.45. The van der Waals surface area contributed by atoms with Crippen molar-refractivity contribution in [2.24, 2.45) is 7.05 Å². The highest BCUT2D eigenvalue weighted by molar-refractivity contribution is 5.14. The Kier molecular flexibility index (Phi) is 2.77. The van der Waals surface area contributed by atoms with Gasteiger partial charge in [-0.05, 0) is 6.92 Å². The van der Waals surface area contributed by atoms with Crippen molar-refractivity contribution in [3.8, 4) is 0 Å². The monoisotopic (exact) mass is 206 g/mol. The number of H-pyrrole nitrogens is 1. The van der Waals surface area contributed by atoms with E-state index in [1.807, 2.05) is 24.9 Å². The first-order chi connectivity index (χ1) is 7.25. The third kappa shape index (κ3) is 2.41. The van der Waals surface area contributed by atoms with E-state index in [4.69, 9.17) is 0 Å². The number of aryl methyl sites for hydroxylation is 2. The van der Waals surface area contributed by atoms with E-state index in [1.54, 1.807) is 0 Å². The maximum Gasteiger partial charge on any atom is 0.138 e. The number of aromatic nitrogens is 5. The Hall–Kier alpha value is -1.69. The first kappa shape index (κ1) is 9.85. The van der Waals surface area contributed by atoms with Crippen molar-refractivity contribution < 1.29 is 0 Å². The summed E-state index contributed by atoms with van der Waals surface area (Å²) in [7, 11) is 1.92. The van der Waals surface area contributed by atoms with Crippen LogP contribution < -0.4 is 5.32 Å². The molecule has 2 N–H and O–H groups in total. The maximum absolute atomic E-state index is 4.27. The van der Waals surface area contributed by atoms with E-state index < -0.39 is 0 Å². The summed E-state index contributed by atoms with van der Waals surface area (Å²) in [6.07, 6.45) is 3.52. The molecule has 0 aliphatic rings. The van der Waals surface area contributed by atoms with Crippen LogP contribution in [0.1, 0.15) is 17.1 Å². The van der Waals surface area contributed by atoms with Crippen LogP contribution in [0.25, 0.3) is 0 Å². The number of hydrogen-bond acceptors (Lipinski definition) is 4. The van der Waals surface area contributed by atoms with Crippen molar-refractivity contribution in [2.45, 2.75) is 20.0 Å². The molecule has 0 fully saturated rings. The van der Waals surface area contributed by atoms with Crippen molar-refractivity contribution in [2.75, 3.05) is 0 Å². The average Bonchev–Trinajstić information content (AvgIpc) is 2.77. The lowest BCUT2D eigenvalue weighted by atomic mass is 10.2. The minimum Gasteiger partial charge on any atom is -0.306 e. The van der Waals surface area contributed by atoms with Crippen LogP contribution in [0, 0.1) is 6.92 Å². The predicted molar refractivity (Wildman–Crippen MR) is 54.9 cm³/mol. The van der Waals surface area contributed by atoms with Crippen LogP contribution in [-0.2, 0) is 20.1 Å². The molecular formula is C9H14N6. The molecule has 0 saturated carbocycles. The zero-order chi connectivity index (χ0) is 10.7. The number of rotatable bonds is 4. The second-order valence-corrected chi connectivity index (χ2v) is 3.45. The Balaban J connectivity index is 1.86. The van der Waals surface area contributed by atoms with Gasteiger partial charge in [-0.1, -0.05) is 0 Å². The van der Waals surface area contributed by atoms with Crippen LogP contribution in [0.4, 0.5) is 0 Å². The first-order valence-electron chi connectivity index (χ1n) is 4.80. The molecular weight excluding hydrogens is 192 g/mol. The van der Waals surface area contributed by atoms with E-state index in [0.29, 0.717) is 6.54 Å². The smallest absolute Gasteiger partial charge is 0.138 e. The SMILES string of the molecule is Cc1nn(C)cc1CNCc1ncn[nH]1. The van der Waals surface area contributed by atoms with E-state index in [-0.39, 0.29) is 0 Å². The van der Waals surface area contributed by atoms with E-state index in [1.165, 1.54) is 11.9 Å². The molecule has 0 unspecified atom stereocenters. The third-order valence-corrected chi connectivity index (χ3v) is 2.19. The second-order valence-electron chi connectivity index (χ2n) is 3.45. The molecule has 2 rings (SSSR count). The summed E-state index contributed by atoms with van der Waals surface area (Å²) in [5.74, 6) is 0.844. The molecule has 6 heteroatoms. The summed E-state index contributed by atoms with van der Waals surface area (Å²) in [5, 5.41) is 14.1. The minimum atomic E-state index is 0.689. The molecule has 0 atom stereocenters. The highest BCUT2D eigenvalue weighted by atomic mass is 15.3. The van der Waals surface area contributed by atoms with Crippen LogP contribution in [0.15, 0.2) is 12.5 Å². The topological polar surface area (TPSA) is 71.4 Å². The number of nitrogens with one attached hydrogen (secondary N) is 2. The van der Waals surface area contributed by atoms with Gasteiger partial charge in [0.25, 0.3) is 0 Å². The van der Waals surface area contributed by atoms with Crippen LogP contribution in [-0.4, -0.2) is 25.0 Å². The van der Waals surface area contributed by atoms with Gasteiger partial charge in [-0.2, -0.15) is 10.2 Å². The highest BCUT2D eigenvalue weighted by Gasteiger charge is 2.02. The first-order valence-corrected chi connectivity index (χ1v) is 4.80. The van der Waals surface area contributed by atoms with Crippen molar-refractivity contribution in [3.05, 3.63) is 29.6 Å². The summed E-state index contributed by atoms with van der Waals surface area (Å²) >= 11 is 0. The quantitative estimate of drug-likeness (QED) is 0.746. The van der Waals surface area contributed by atoms with E-state index >= 15 is 0 Å². The number of hydrogen-bond donors (Lipinski definition) is 2. The molecule has 0 aliphatic heterocycles. The standard InChI is InChI=1S/C9H14N6/c1-7-8(5-15(2)14-7)3-10-4-9-11-6-12-13-9/h5-6,10H,3-4H2,1-2H3,(H,11,12,13). The van der Waals surface area contributed by atoms with E-state index in [2.05, 4.69) is 25.6 Å². The van der Waals surface area contributed by atoms with Crippen molar-refractivity contribution in [1.29, 1.82) is 0 Å². The molecule has 0 radical (unpaired) electrons. The normalized spacial score (nSPS) is 10.8. The van der Waals surface area contributed by atoms with Crippen LogP contribution in [0.5, 0.6) is 0 Å². The van der Waals surface area contributed by atoms with Gasteiger partial charge in [0.2, 0.25) is 0 Å². The molecule has 0 bridgehead atoms. The summed E-state index contributed by atoms with van der Waals surface area (Å²) in [6, 6.07) is 0. The summed E-state index contributed by atoms with van der Waals surface area (Å²) in [6.45, 7) is 3.49. The predicted octanol–water partition coefficient (Wildman–Crippen LogP) is 0.136. The molecule has 2 heterocycles. The molecule has 0 saturated heterocycles. The molecule has 0 spiro atoms. The summed E-state index contributed by atoms with van der Waals surface area (Å²) < 4.78 is 1.82. The van der Waals surface area contributed by atoms with Gasteiger partial charge in [0.1, 0.15) is 12.2 Å². The van der Waals surface area contributed by atoms with Crippen LogP contribution in [0.3, 0.4) is 0 Å². The Morgan fingerprint density at radius 2 is 2.33 bits per heavy atom. The van der Waals surface area contributed by atoms with Crippen LogP contribution in [0.2, 0.25) is 0 Å². The fourth-order valence-electron chi connectivity index (χ4n) is 1.45. The molecule has 0 aromatic carbocycles. The van der Waals surface area contributed by atoms with Gasteiger partial charge >= 0.3 is 0 Å². The number of nitrogens with zero attached hydrogens (tertiary/aromatic N) is 4. The van der Waals surface area contributed by atoms with Gasteiger partial charge in [0.15, 0.2) is 0 Å². The average molecular weight is 206 g/mol.